The molecule has 0 N–H and O–H groups in total. The molecular weight excluding hydrogens is 426 g/mol. The van der Waals surface area contributed by atoms with E-state index >= 15 is 0 Å². The Balaban J connectivity index is 1.79. The molecule has 1 unspecified atom stereocenters. The molecule has 1 aliphatic rings. The van der Waals surface area contributed by atoms with Crippen LogP contribution in [0.1, 0.15) is 29.5 Å². The minimum atomic E-state index is -0.720. The Morgan fingerprint density at radius 1 is 0.879 bits per heavy atom. The molecule has 33 heavy (non-hydrogen) atoms. The number of amides is 1. The first-order valence-corrected chi connectivity index (χ1v) is 10.8. The summed E-state index contributed by atoms with van der Waals surface area (Å²) in [5, 5.41) is 0. The molecule has 1 atom stereocenters. The molecule has 3 rings (SSSR count). The van der Waals surface area contributed by atoms with Crippen LogP contribution in [-0.2, 0) is 33.7 Å². The van der Waals surface area contributed by atoms with E-state index in [0.29, 0.717) is 30.8 Å². The minimum Gasteiger partial charge on any atom is -0.497 e. The molecule has 8 heteroatoms. The van der Waals surface area contributed by atoms with E-state index in [0.717, 1.165) is 28.2 Å². The first-order valence-electron chi connectivity index (χ1n) is 10.8. The van der Waals surface area contributed by atoms with Gasteiger partial charge in [-0.2, -0.15) is 0 Å². The molecule has 0 radical (unpaired) electrons. The van der Waals surface area contributed by atoms with Gasteiger partial charge in [-0.3, -0.25) is 4.79 Å². The number of ether oxygens (including phenoxy) is 5. The fourth-order valence-corrected chi connectivity index (χ4v) is 4.27. The van der Waals surface area contributed by atoms with Gasteiger partial charge in [0.2, 0.25) is 5.91 Å². The maximum Gasteiger partial charge on any atom is 0.328 e. The average Bonchev–Trinajstić information content (AvgIpc) is 2.86. The Kier molecular flexibility index (Phi) is 8.03. The van der Waals surface area contributed by atoms with Gasteiger partial charge >= 0.3 is 5.97 Å². The molecule has 0 aliphatic carbocycles. The van der Waals surface area contributed by atoms with Crippen LogP contribution in [0.15, 0.2) is 30.3 Å². The fraction of sp³-hybridized carbons (Fsp3) is 0.440. The van der Waals surface area contributed by atoms with Crippen LogP contribution in [0.5, 0.6) is 23.0 Å². The summed E-state index contributed by atoms with van der Waals surface area (Å²) in [5.41, 5.74) is 2.67. The Morgan fingerprint density at radius 2 is 1.52 bits per heavy atom. The van der Waals surface area contributed by atoms with Gasteiger partial charge in [-0.15, -0.1) is 0 Å². The second-order valence-corrected chi connectivity index (χ2v) is 7.72. The van der Waals surface area contributed by atoms with Gasteiger partial charge in [-0.1, -0.05) is 0 Å². The van der Waals surface area contributed by atoms with Crippen molar-refractivity contribution in [1.29, 1.82) is 0 Å². The van der Waals surface area contributed by atoms with E-state index in [1.54, 1.807) is 33.3 Å². The smallest absolute Gasteiger partial charge is 0.328 e. The second kappa shape index (κ2) is 10.9. The molecule has 1 amide bonds. The molecule has 1 heterocycles. The highest BCUT2D eigenvalue weighted by molar-refractivity contribution is 5.86. The van der Waals surface area contributed by atoms with Crippen LogP contribution in [0.25, 0.3) is 0 Å². The molecule has 0 saturated heterocycles. The monoisotopic (exact) mass is 457 g/mol. The van der Waals surface area contributed by atoms with Crippen LogP contribution in [0, 0.1) is 0 Å². The number of rotatable bonds is 9. The van der Waals surface area contributed by atoms with Crippen molar-refractivity contribution < 1.29 is 33.3 Å². The van der Waals surface area contributed by atoms with Crippen molar-refractivity contribution in [2.75, 3.05) is 35.5 Å². The first kappa shape index (κ1) is 24.2. The molecule has 0 spiro atoms. The molecule has 0 bridgehead atoms. The highest BCUT2D eigenvalue weighted by Crippen LogP contribution is 2.37. The number of aryl methyl sites for hydroxylation is 1. The van der Waals surface area contributed by atoms with Crippen molar-refractivity contribution in [1.82, 2.24) is 4.90 Å². The lowest BCUT2D eigenvalue weighted by Gasteiger charge is -2.36. The molecule has 178 valence electrons. The third-order valence-electron chi connectivity index (χ3n) is 6.01. The van der Waals surface area contributed by atoms with Crippen LogP contribution in [0.4, 0.5) is 0 Å². The molecular formula is C25H31NO7. The number of esters is 1. The largest absolute Gasteiger partial charge is 0.497 e. The molecule has 8 nitrogen and oxygen atoms in total. The maximum absolute atomic E-state index is 13.3. The van der Waals surface area contributed by atoms with Crippen molar-refractivity contribution in [3.8, 4) is 23.0 Å². The van der Waals surface area contributed by atoms with Crippen molar-refractivity contribution >= 4 is 11.9 Å². The lowest BCUT2D eigenvalue weighted by molar-refractivity contribution is -0.154. The summed E-state index contributed by atoms with van der Waals surface area (Å²) in [6, 6.07) is 8.50. The van der Waals surface area contributed by atoms with E-state index in [4.69, 9.17) is 23.7 Å². The summed E-state index contributed by atoms with van der Waals surface area (Å²) >= 11 is 0. The zero-order valence-corrected chi connectivity index (χ0v) is 19.8. The third-order valence-corrected chi connectivity index (χ3v) is 6.01. The molecule has 0 fully saturated rings. The molecule has 1 aliphatic heterocycles. The van der Waals surface area contributed by atoms with Gasteiger partial charge in [0.05, 0.1) is 42.1 Å². The predicted molar refractivity (Wildman–Crippen MR) is 122 cm³/mol. The van der Waals surface area contributed by atoms with E-state index in [1.807, 2.05) is 30.3 Å². The summed E-state index contributed by atoms with van der Waals surface area (Å²) in [7, 11) is 7.73. The quantitative estimate of drug-likeness (QED) is 0.535. The summed E-state index contributed by atoms with van der Waals surface area (Å²) in [4.78, 5) is 27.4. The number of carbonyl (C=O) groups is 2. The van der Waals surface area contributed by atoms with Crippen molar-refractivity contribution in [3.05, 3.63) is 47.0 Å². The Morgan fingerprint density at radius 3 is 2.12 bits per heavy atom. The van der Waals surface area contributed by atoms with E-state index in [1.165, 1.54) is 7.11 Å². The maximum atomic E-state index is 13.3. The normalized spacial score (nSPS) is 14.8. The number of nitrogens with zero attached hydrogens (tertiary/aromatic N) is 1. The number of fused-ring (bicyclic) bond motifs is 1. The van der Waals surface area contributed by atoms with Gasteiger partial charge in [0, 0.05) is 24.0 Å². The topological polar surface area (TPSA) is 83.5 Å². The van der Waals surface area contributed by atoms with Gasteiger partial charge in [0.1, 0.15) is 29.0 Å². The van der Waals surface area contributed by atoms with E-state index < -0.39 is 12.0 Å². The number of carbonyl (C=O) groups excluding carboxylic acids is 2. The van der Waals surface area contributed by atoms with Crippen LogP contribution in [-0.4, -0.2) is 58.4 Å². The van der Waals surface area contributed by atoms with Crippen molar-refractivity contribution in [3.63, 3.8) is 0 Å². The lowest BCUT2D eigenvalue weighted by Crippen LogP contribution is -2.49. The zero-order valence-electron chi connectivity index (χ0n) is 19.8. The number of methoxy groups -OCH3 is 5. The lowest BCUT2D eigenvalue weighted by atomic mass is 9.91. The molecule has 2 aromatic rings. The number of hydrogen-bond donors (Lipinski definition) is 0. The van der Waals surface area contributed by atoms with Gasteiger partial charge in [0.25, 0.3) is 0 Å². The zero-order chi connectivity index (χ0) is 24.0. The third kappa shape index (κ3) is 5.16. The minimum absolute atomic E-state index is 0.122. The second-order valence-electron chi connectivity index (χ2n) is 7.72. The summed E-state index contributed by atoms with van der Waals surface area (Å²) in [6.07, 6.45) is 1.80. The fourth-order valence-electron chi connectivity index (χ4n) is 4.27. The SMILES string of the molecule is COC(=O)C1Cc2c(OC)ccc(OC)c2CN1C(=O)CCCc1cc(OC)ccc1OC. The van der Waals surface area contributed by atoms with Gasteiger partial charge in [0.15, 0.2) is 0 Å². The summed E-state index contributed by atoms with van der Waals surface area (Å²) < 4.78 is 26.7. The Bertz CT molecular complexity index is 1000. The van der Waals surface area contributed by atoms with E-state index in [9.17, 15) is 9.59 Å². The van der Waals surface area contributed by atoms with Gasteiger partial charge in [-0.05, 0) is 48.7 Å². The molecule has 0 saturated carbocycles. The first-order chi connectivity index (χ1) is 16.0. The van der Waals surface area contributed by atoms with Crippen LogP contribution in [0.3, 0.4) is 0 Å². The van der Waals surface area contributed by atoms with E-state index in [-0.39, 0.29) is 18.9 Å². The Labute approximate surface area is 194 Å². The van der Waals surface area contributed by atoms with Crippen molar-refractivity contribution in [2.45, 2.75) is 38.3 Å². The van der Waals surface area contributed by atoms with Crippen LogP contribution in [0.2, 0.25) is 0 Å². The summed E-state index contributed by atoms with van der Waals surface area (Å²) in [6.45, 7) is 0.247. The predicted octanol–water partition coefficient (Wildman–Crippen LogP) is 3.17. The van der Waals surface area contributed by atoms with E-state index in [2.05, 4.69) is 0 Å². The molecule has 2 aromatic carbocycles. The van der Waals surface area contributed by atoms with Crippen molar-refractivity contribution in [2.24, 2.45) is 0 Å². The highest BCUT2D eigenvalue weighted by atomic mass is 16.5. The van der Waals surface area contributed by atoms with Crippen LogP contribution < -0.4 is 18.9 Å². The number of benzene rings is 2. The van der Waals surface area contributed by atoms with Gasteiger partial charge in [-0.25, -0.2) is 4.79 Å². The standard InChI is InChI=1S/C25H31NO7/c1-29-17-9-10-21(30-2)16(13-17)7-6-8-24(27)26-15-19-18(14-20(26)25(28)33-5)22(31-3)11-12-23(19)32-4/h9-13,20H,6-8,14-15H2,1-5H3. The number of hydrogen-bond acceptors (Lipinski definition) is 7. The highest BCUT2D eigenvalue weighted by Gasteiger charge is 2.37. The van der Waals surface area contributed by atoms with Crippen LogP contribution >= 0.6 is 0 Å². The van der Waals surface area contributed by atoms with Gasteiger partial charge < -0.3 is 28.6 Å². The summed E-state index contributed by atoms with van der Waals surface area (Å²) in [5.74, 6) is 2.23. The Hall–Kier alpha value is -3.42. The molecule has 0 aromatic heterocycles. The average molecular weight is 458 g/mol.